The zero-order chi connectivity index (χ0) is 16.8. The molecule has 4 nitrogen and oxygen atoms in total. The molecule has 0 unspecified atom stereocenters. The summed E-state index contributed by atoms with van der Waals surface area (Å²) in [4.78, 5) is 0.0779. The average Bonchev–Trinajstić information content (AvgIpc) is 3.15. The molecule has 0 radical (unpaired) electrons. The third-order valence-electron chi connectivity index (χ3n) is 4.26. The Kier molecular flexibility index (Phi) is 3.96. The molecule has 1 fully saturated rings. The summed E-state index contributed by atoms with van der Waals surface area (Å²) in [6.45, 7) is -0.508. The molecule has 3 rings (SSSR count). The minimum atomic E-state index is -3.78. The standard InChI is InChI=1S/C16H15ClFNO3S/c17-11-4-6-13(7-5-11)23(21,22)15-14(16(15,19)9-20)10-2-1-3-12(18)8-10/h1-8,14-15,20H,9,19H2/t14-,15+,16+/m0/s1. The van der Waals surface area contributed by atoms with E-state index in [2.05, 4.69) is 0 Å². The Morgan fingerprint density at radius 3 is 2.43 bits per heavy atom. The van der Waals surface area contributed by atoms with E-state index in [-0.39, 0.29) is 4.90 Å². The quantitative estimate of drug-likeness (QED) is 0.880. The lowest BCUT2D eigenvalue weighted by Crippen LogP contribution is -2.35. The van der Waals surface area contributed by atoms with Crippen LogP contribution in [-0.4, -0.2) is 30.9 Å². The summed E-state index contributed by atoms with van der Waals surface area (Å²) in [5, 5.41) is 8.99. The molecule has 0 saturated heterocycles. The molecule has 2 aromatic rings. The smallest absolute Gasteiger partial charge is 0.183 e. The molecular weight excluding hydrogens is 341 g/mol. The molecule has 122 valence electrons. The highest BCUT2D eigenvalue weighted by molar-refractivity contribution is 7.92. The van der Waals surface area contributed by atoms with E-state index in [0.717, 1.165) is 0 Å². The molecule has 7 heteroatoms. The highest BCUT2D eigenvalue weighted by Crippen LogP contribution is 2.55. The molecule has 0 heterocycles. The van der Waals surface area contributed by atoms with Crippen LogP contribution >= 0.6 is 11.6 Å². The number of hydrogen-bond acceptors (Lipinski definition) is 4. The number of halogens is 2. The van der Waals surface area contributed by atoms with Crippen LogP contribution in [0.5, 0.6) is 0 Å². The summed E-state index contributed by atoms with van der Waals surface area (Å²) in [7, 11) is -3.78. The zero-order valence-electron chi connectivity index (χ0n) is 12.0. The van der Waals surface area contributed by atoms with Crippen LogP contribution in [0.3, 0.4) is 0 Å². The van der Waals surface area contributed by atoms with Crippen LogP contribution < -0.4 is 5.73 Å². The van der Waals surface area contributed by atoms with Crippen molar-refractivity contribution in [3.63, 3.8) is 0 Å². The van der Waals surface area contributed by atoms with Crippen molar-refractivity contribution < 1.29 is 17.9 Å². The van der Waals surface area contributed by atoms with Gasteiger partial charge in [0, 0.05) is 10.9 Å². The lowest BCUT2D eigenvalue weighted by atomic mass is 10.1. The van der Waals surface area contributed by atoms with Crippen molar-refractivity contribution in [1.29, 1.82) is 0 Å². The molecule has 3 N–H and O–H groups in total. The molecule has 0 spiro atoms. The van der Waals surface area contributed by atoms with Gasteiger partial charge in [-0.1, -0.05) is 23.7 Å². The number of sulfone groups is 1. The van der Waals surface area contributed by atoms with E-state index in [0.29, 0.717) is 10.6 Å². The maximum atomic E-state index is 13.4. The van der Waals surface area contributed by atoms with Gasteiger partial charge in [0.25, 0.3) is 0 Å². The molecule has 0 bridgehead atoms. The molecule has 0 amide bonds. The Hall–Kier alpha value is -1.47. The fraction of sp³-hybridized carbons (Fsp3) is 0.250. The molecule has 1 saturated carbocycles. The predicted molar refractivity (Wildman–Crippen MR) is 85.6 cm³/mol. The van der Waals surface area contributed by atoms with Crippen molar-refractivity contribution in [2.24, 2.45) is 5.73 Å². The first-order valence-electron chi connectivity index (χ1n) is 6.95. The van der Waals surface area contributed by atoms with E-state index in [4.69, 9.17) is 17.3 Å². The minimum Gasteiger partial charge on any atom is -0.394 e. The van der Waals surface area contributed by atoms with Crippen molar-refractivity contribution in [3.8, 4) is 0 Å². The van der Waals surface area contributed by atoms with Crippen LogP contribution in [0.15, 0.2) is 53.4 Å². The van der Waals surface area contributed by atoms with Crippen LogP contribution in [0.4, 0.5) is 4.39 Å². The monoisotopic (exact) mass is 355 g/mol. The van der Waals surface area contributed by atoms with E-state index >= 15 is 0 Å². The van der Waals surface area contributed by atoms with Crippen LogP contribution in [-0.2, 0) is 9.84 Å². The largest absolute Gasteiger partial charge is 0.394 e. The van der Waals surface area contributed by atoms with Gasteiger partial charge in [-0.2, -0.15) is 0 Å². The van der Waals surface area contributed by atoms with E-state index in [1.807, 2.05) is 0 Å². The first kappa shape index (κ1) is 16.4. The van der Waals surface area contributed by atoms with E-state index in [1.54, 1.807) is 6.07 Å². The van der Waals surface area contributed by atoms with Gasteiger partial charge in [0.15, 0.2) is 9.84 Å². The third-order valence-corrected chi connectivity index (χ3v) is 6.82. The highest BCUT2D eigenvalue weighted by Gasteiger charge is 2.69. The number of hydrogen-bond donors (Lipinski definition) is 2. The maximum Gasteiger partial charge on any atom is 0.183 e. The number of benzene rings is 2. The van der Waals surface area contributed by atoms with Gasteiger partial charge in [-0.3, -0.25) is 0 Å². The Morgan fingerprint density at radius 1 is 1.22 bits per heavy atom. The molecular formula is C16H15ClFNO3S. The Balaban J connectivity index is 2.03. The number of aliphatic hydroxyl groups excluding tert-OH is 1. The number of aliphatic hydroxyl groups is 1. The van der Waals surface area contributed by atoms with Crippen LogP contribution in [0.2, 0.25) is 5.02 Å². The molecule has 0 aliphatic heterocycles. The summed E-state index contributed by atoms with van der Waals surface area (Å²) in [5.74, 6) is -1.14. The second-order valence-electron chi connectivity index (χ2n) is 5.72. The number of nitrogens with two attached hydrogens (primary N) is 1. The van der Waals surface area contributed by atoms with Crippen molar-refractivity contribution in [2.45, 2.75) is 21.6 Å². The van der Waals surface area contributed by atoms with Gasteiger partial charge >= 0.3 is 0 Å². The molecule has 23 heavy (non-hydrogen) atoms. The van der Waals surface area contributed by atoms with Gasteiger partial charge in [0.2, 0.25) is 0 Å². The molecule has 0 aromatic heterocycles. The lowest BCUT2D eigenvalue weighted by Gasteiger charge is -2.08. The van der Waals surface area contributed by atoms with Crippen LogP contribution in [0, 0.1) is 5.82 Å². The Labute approximate surface area is 138 Å². The Morgan fingerprint density at radius 2 is 1.87 bits per heavy atom. The molecule has 2 aromatic carbocycles. The average molecular weight is 356 g/mol. The summed E-state index contributed by atoms with van der Waals surface area (Å²) >= 11 is 5.78. The topological polar surface area (TPSA) is 80.4 Å². The Bertz CT molecular complexity index is 841. The molecule has 1 aliphatic carbocycles. The van der Waals surface area contributed by atoms with Crippen LogP contribution in [0.25, 0.3) is 0 Å². The SMILES string of the molecule is N[C@@]1(CO)[C@H](S(=O)(=O)c2ccc(Cl)cc2)[C@@H]1c1cccc(F)c1. The minimum absolute atomic E-state index is 0.0779. The molecule has 1 aliphatic rings. The van der Waals surface area contributed by atoms with E-state index in [9.17, 15) is 17.9 Å². The fourth-order valence-corrected chi connectivity index (χ4v) is 5.46. The summed E-state index contributed by atoms with van der Waals surface area (Å²) in [5.41, 5.74) is 5.23. The van der Waals surface area contributed by atoms with Gasteiger partial charge in [-0.25, -0.2) is 12.8 Å². The third kappa shape index (κ3) is 2.65. The predicted octanol–water partition coefficient (Wildman–Crippen LogP) is 2.11. The first-order chi connectivity index (χ1) is 10.8. The van der Waals surface area contributed by atoms with Crippen molar-refractivity contribution in [2.75, 3.05) is 6.61 Å². The van der Waals surface area contributed by atoms with Gasteiger partial charge in [-0.05, 0) is 42.0 Å². The van der Waals surface area contributed by atoms with Crippen molar-refractivity contribution in [1.82, 2.24) is 0 Å². The van der Waals surface area contributed by atoms with E-state index < -0.39 is 39.0 Å². The molecule has 3 atom stereocenters. The van der Waals surface area contributed by atoms with Gasteiger partial charge in [0.05, 0.1) is 22.3 Å². The first-order valence-corrected chi connectivity index (χ1v) is 8.88. The zero-order valence-corrected chi connectivity index (χ0v) is 13.6. The second kappa shape index (κ2) is 5.56. The highest BCUT2D eigenvalue weighted by atomic mass is 35.5. The summed E-state index contributed by atoms with van der Waals surface area (Å²) in [6, 6.07) is 11.4. The summed E-state index contributed by atoms with van der Waals surface area (Å²) in [6.07, 6.45) is 0. The van der Waals surface area contributed by atoms with Crippen molar-refractivity contribution in [3.05, 3.63) is 64.9 Å². The van der Waals surface area contributed by atoms with Gasteiger partial charge in [0.1, 0.15) is 5.82 Å². The van der Waals surface area contributed by atoms with Gasteiger partial charge in [-0.15, -0.1) is 0 Å². The normalized spacial score (nSPS) is 27.0. The van der Waals surface area contributed by atoms with Gasteiger partial charge < -0.3 is 10.8 Å². The second-order valence-corrected chi connectivity index (χ2v) is 8.23. The number of rotatable bonds is 4. The van der Waals surface area contributed by atoms with Crippen LogP contribution in [0.1, 0.15) is 11.5 Å². The maximum absolute atomic E-state index is 13.4. The van der Waals surface area contributed by atoms with Crippen molar-refractivity contribution >= 4 is 21.4 Å². The van der Waals surface area contributed by atoms with E-state index in [1.165, 1.54) is 42.5 Å². The fourth-order valence-electron chi connectivity index (χ4n) is 3.04. The lowest BCUT2D eigenvalue weighted by molar-refractivity contribution is 0.253. The summed E-state index contributed by atoms with van der Waals surface area (Å²) < 4.78 is 39.1.